The van der Waals surface area contributed by atoms with E-state index in [4.69, 9.17) is 4.74 Å². The number of ether oxygens (including phenoxy) is 1. The number of aromatic nitrogens is 2. The number of nitro groups is 1. The predicted molar refractivity (Wildman–Crippen MR) is 66.9 cm³/mol. The van der Waals surface area contributed by atoms with E-state index in [9.17, 15) is 15.2 Å². The minimum atomic E-state index is -0.662. The highest BCUT2D eigenvalue weighted by Gasteiger charge is 2.22. The molecule has 0 aliphatic carbocycles. The fraction of sp³-hybridized carbons (Fsp3) is 0.727. The van der Waals surface area contributed by atoms with Crippen LogP contribution in [0.2, 0.25) is 0 Å². The van der Waals surface area contributed by atoms with Gasteiger partial charge >= 0.3 is 5.95 Å². The maximum atomic E-state index is 10.8. The molecule has 2 rings (SSSR count). The molecule has 0 saturated carbocycles. The first-order valence-electron chi connectivity index (χ1n) is 6.22. The molecule has 2 heterocycles. The van der Waals surface area contributed by atoms with E-state index >= 15 is 0 Å². The Morgan fingerprint density at radius 3 is 2.84 bits per heavy atom. The van der Waals surface area contributed by atoms with Gasteiger partial charge in [0, 0.05) is 19.6 Å². The standard InChI is InChI=1S/C11H18N4O4/c1-9-6-12-11(15(17)18)14(9)8-10(16)7-13-2-4-19-5-3-13/h6,10,16H,2-5,7-8H2,1H3. The minimum absolute atomic E-state index is 0.180. The Morgan fingerprint density at radius 2 is 2.21 bits per heavy atom. The van der Waals surface area contributed by atoms with Crippen LogP contribution in [0.25, 0.3) is 0 Å². The van der Waals surface area contributed by atoms with E-state index in [0.29, 0.717) is 25.5 Å². The first-order chi connectivity index (χ1) is 9.08. The van der Waals surface area contributed by atoms with Gasteiger partial charge in [-0.25, -0.2) is 4.57 Å². The summed E-state index contributed by atoms with van der Waals surface area (Å²) in [6.45, 7) is 5.29. The SMILES string of the molecule is Cc1cnc([N+](=O)[O-])n1CC(O)CN1CCOCC1. The van der Waals surface area contributed by atoms with Gasteiger partial charge in [0.05, 0.1) is 25.9 Å². The monoisotopic (exact) mass is 270 g/mol. The number of hydrogen-bond donors (Lipinski definition) is 1. The molecule has 8 nitrogen and oxygen atoms in total. The number of aliphatic hydroxyl groups is 1. The topological polar surface area (TPSA) is 93.7 Å². The number of β-amino-alcohol motifs (C(OH)–C–C–N with tert-alkyl or cyclic N) is 1. The maximum absolute atomic E-state index is 10.8. The second-order valence-electron chi connectivity index (χ2n) is 4.63. The Balaban J connectivity index is 1.96. The minimum Gasteiger partial charge on any atom is -0.390 e. The Kier molecular flexibility index (Phi) is 4.46. The molecule has 106 valence electrons. The average Bonchev–Trinajstić information content (AvgIpc) is 2.72. The maximum Gasteiger partial charge on any atom is 0.434 e. The number of imidazole rings is 1. The van der Waals surface area contributed by atoms with Crippen molar-refractivity contribution in [1.82, 2.24) is 14.5 Å². The highest BCUT2D eigenvalue weighted by atomic mass is 16.6. The Hall–Kier alpha value is -1.51. The third-order valence-electron chi connectivity index (χ3n) is 3.16. The van der Waals surface area contributed by atoms with Gasteiger partial charge in [0.25, 0.3) is 0 Å². The van der Waals surface area contributed by atoms with Crippen molar-refractivity contribution in [2.24, 2.45) is 0 Å². The lowest BCUT2D eigenvalue weighted by atomic mass is 10.3. The molecule has 1 atom stereocenters. The van der Waals surface area contributed by atoms with E-state index in [0.717, 1.165) is 13.1 Å². The van der Waals surface area contributed by atoms with Gasteiger partial charge in [-0.2, -0.15) is 0 Å². The molecule has 1 N–H and O–H groups in total. The van der Waals surface area contributed by atoms with Crippen molar-refractivity contribution in [2.45, 2.75) is 19.6 Å². The van der Waals surface area contributed by atoms with Crippen molar-refractivity contribution in [3.63, 3.8) is 0 Å². The van der Waals surface area contributed by atoms with Gasteiger partial charge < -0.3 is 20.0 Å². The average molecular weight is 270 g/mol. The molecule has 0 bridgehead atoms. The highest BCUT2D eigenvalue weighted by molar-refractivity contribution is 5.14. The fourth-order valence-electron chi connectivity index (χ4n) is 2.17. The molecule has 1 aliphatic heterocycles. The lowest BCUT2D eigenvalue weighted by Gasteiger charge is -2.28. The van der Waals surface area contributed by atoms with Gasteiger partial charge in [-0.05, 0) is 11.8 Å². The molecule has 1 aliphatic rings. The van der Waals surface area contributed by atoms with Crippen LogP contribution in [0, 0.1) is 17.0 Å². The summed E-state index contributed by atoms with van der Waals surface area (Å²) >= 11 is 0. The van der Waals surface area contributed by atoms with Crippen LogP contribution in [0.3, 0.4) is 0 Å². The van der Waals surface area contributed by atoms with E-state index < -0.39 is 11.0 Å². The summed E-state index contributed by atoms with van der Waals surface area (Å²) in [5.74, 6) is -0.224. The van der Waals surface area contributed by atoms with Crippen LogP contribution in [0.1, 0.15) is 5.69 Å². The lowest BCUT2D eigenvalue weighted by Crippen LogP contribution is -2.42. The fourth-order valence-corrected chi connectivity index (χ4v) is 2.17. The number of aryl methyl sites for hydroxylation is 1. The van der Waals surface area contributed by atoms with E-state index in [1.54, 1.807) is 6.92 Å². The number of aliphatic hydroxyl groups excluding tert-OH is 1. The summed E-state index contributed by atoms with van der Waals surface area (Å²) < 4.78 is 6.66. The van der Waals surface area contributed by atoms with E-state index in [1.165, 1.54) is 10.8 Å². The summed E-state index contributed by atoms with van der Waals surface area (Å²) in [4.78, 5) is 16.1. The quantitative estimate of drug-likeness (QED) is 0.588. The van der Waals surface area contributed by atoms with Crippen LogP contribution in [-0.4, -0.2) is 63.4 Å². The first kappa shape index (κ1) is 13.9. The van der Waals surface area contributed by atoms with Gasteiger partial charge in [0.1, 0.15) is 11.9 Å². The number of rotatable bonds is 5. The molecular formula is C11H18N4O4. The second-order valence-corrected chi connectivity index (χ2v) is 4.63. The zero-order valence-electron chi connectivity index (χ0n) is 10.9. The van der Waals surface area contributed by atoms with Gasteiger partial charge in [-0.15, -0.1) is 0 Å². The third kappa shape index (κ3) is 3.49. The van der Waals surface area contributed by atoms with Gasteiger partial charge in [-0.3, -0.25) is 4.90 Å². The van der Waals surface area contributed by atoms with Crippen LogP contribution in [-0.2, 0) is 11.3 Å². The smallest absolute Gasteiger partial charge is 0.390 e. The predicted octanol–water partition coefficient (Wildman–Crippen LogP) is -0.207. The zero-order chi connectivity index (χ0) is 13.8. The van der Waals surface area contributed by atoms with Crippen LogP contribution in [0.15, 0.2) is 6.20 Å². The molecule has 1 aromatic rings. The summed E-state index contributed by atoms with van der Waals surface area (Å²) in [5.41, 5.74) is 0.674. The lowest BCUT2D eigenvalue weighted by molar-refractivity contribution is -0.397. The molecule has 19 heavy (non-hydrogen) atoms. The van der Waals surface area contributed by atoms with Crippen molar-refractivity contribution < 1.29 is 14.8 Å². The second kappa shape index (κ2) is 6.09. The van der Waals surface area contributed by atoms with E-state index in [1.807, 2.05) is 0 Å². The number of nitrogens with zero attached hydrogens (tertiary/aromatic N) is 4. The zero-order valence-corrected chi connectivity index (χ0v) is 10.9. The van der Waals surface area contributed by atoms with Crippen LogP contribution in [0.4, 0.5) is 5.95 Å². The normalized spacial score (nSPS) is 18.4. The largest absolute Gasteiger partial charge is 0.434 e. The molecule has 1 saturated heterocycles. The summed E-state index contributed by atoms with van der Waals surface area (Å²) in [5, 5.41) is 20.9. The summed E-state index contributed by atoms with van der Waals surface area (Å²) in [6, 6.07) is 0. The van der Waals surface area contributed by atoms with Crippen molar-refractivity contribution in [3.05, 3.63) is 22.0 Å². The molecule has 1 aromatic heterocycles. The van der Waals surface area contributed by atoms with Gasteiger partial charge in [-0.1, -0.05) is 4.98 Å². The van der Waals surface area contributed by atoms with Crippen molar-refractivity contribution in [2.75, 3.05) is 32.8 Å². The summed E-state index contributed by atoms with van der Waals surface area (Å²) in [6.07, 6.45) is 0.782. The third-order valence-corrected chi connectivity index (χ3v) is 3.16. The van der Waals surface area contributed by atoms with E-state index in [2.05, 4.69) is 9.88 Å². The van der Waals surface area contributed by atoms with E-state index in [-0.39, 0.29) is 12.5 Å². The van der Waals surface area contributed by atoms with Crippen molar-refractivity contribution in [3.8, 4) is 0 Å². The molecule has 0 radical (unpaired) electrons. The van der Waals surface area contributed by atoms with Gasteiger partial charge in [0.15, 0.2) is 0 Å². The van der Waals surface area contributed by atoms with Crippen LogP contribution in [0.5, 0.6) is 0 Å². The van der Waals surface area contributed by atoms with Crippen molar-refractivity contribution in [1.29, 1.82) is 0 Å². The van der Waals surface area contributed by atoms with Crippen molar-refractivity contribution >= 4 is 5.95 Å². The first-order valence-corrected chi connectivity index (χ1v) is 6.22. The Labute approximate surface area is 110 Å². The van der Waals surface area contributed by atoms with Crippen LogP contribution < -0.4 is 0 Å². The highest BCUT2D eigenvalue weighted by Crippen LogP contribution is 2.13. The molecular weight excluding hydrogens is 252 g/mol. The molecule has 8 heteroatoms. The Bertz CT molecular complexity index is 442. The number of hydrogen-bond acceptors (Lipinski definition) is 6. The molecule has 0 aromatic carbocycles. The molecule has 1 fully saturated rings. The summed E-state index contributed by atoms with van der Waals surface area (Å²) in [7, 11) is 0. The molecule has 1 unspecified atom stereocenters. The molecule has 0 amide bonds. The Morgan fingerprint density at radius 1 is 1.53 bits per heavy atom. The van der Waals surface area contributed by atoms with Crippen LogP contribution >= 0.6 is 0 Å². The number of morpholine rings is 1. The van der Waals surface area contributed by atoms with Gasteiger partial charge in [0.2, 0.25) is 0 Å². The molecule has 0 spiro atoms.